The number of nitrogens with one attached hydrogen (secondary N) is 1. The van der Waals surface area contributed by atoms with Crippen LogP contribution in [0.2, 0.25) is 0 Å². The zero-order valence-electron chi connectivity index (χ0n) is 8.48. The van der Waals surface area contributed by atoms with Gasteiger partial charge in [-0.05, 0) is 59.0 Å². The molecular weight excluding hydrogens is 313 g/mol. The van der Waals surface area contributed by atoms with Crippen molar-refractivity contribution in [1.29, 1.82) is 0 Å². The second-order valence-corrected chi connectivity index (χ2v) is 4.57. The third kappa shape index (κ3) is 2.82. The number of halogens is 1. The van der Waals surface area contributed by atoms with Gasteiger partial charge in [-0.1, -0.05) is 18.2 Å². The smallest absolute Gasteiger partial charge is 0.255 e. The predicted molar refractivity (Wildman–Crippen MR) is 73.6 cm³/mol. The Morgan fingerprint density at radius 2 is 1.56 bits per heavy atom. The molecule has 0 aromatic heterocycles. The number of carbonyl (C=O) groups is 1. The Hall–Kier alpha value is -1.36. The third-order valence-corrected chi connectivity index (χ3v) is 2.86. The van der Waals surface area contributed by atoms with Crippen molar-refractivity contribution in [3.8, 4) is 0 Å². The van der Waals surface area contributed by atoms with Gasteiger partial charge in [-0.3, -0.25) is 4.79 Å². The second kappa shape index (κ2) is 5.12. The van der Waals surface area contributed by atoms with Crippen LogP contribution < -0.4 is 5.32 Å². The third-order valence-electron chi connectivity index (χ3n) is 2.14. The van der Waals surface area contributed by atoms with Crippen LogP contribution in [0.3, 0.4) is 0 Å². The van der Waals surface area contributed by atoms with Crippen LogP contribution in [-0.2, 0) is 0 Å². The van der Waals surface area contributed by atoms with Crippen LogP contribution in [0.4, 0.5) is 5.69 Å². The molecule has 0 aliphatic carbocycles. The number of anilines is 1. The highest BCUT2D eigenvalue weighted by Gasteiger charge is 2.04. The minimum atomic E-state index is -0.0809. The summed E-state index contributed by atoms with van der Waals surface area (Å²) >= 11 is 2.21. The van der Waals surface area contributed by atoms with Crippen molar-refractivity contribution >= 4 is 34.2 Å². The highest BCUT2D eigenvalue weighted by Crippen LogP contribution is 2.10. The molecule has 2 aromatic carbocycles. The molecule has 0 fully saturated rings. The Morgan fingerprint density at radius 1 is 0.938 bits per heavy atom. The quantitative estimate of drug-likeness (QED) is 0.842. The molecule has 0 unspecified atom stereocenters. The molecule has 1 amide bonds. The first-order valence-corrected chi connectivity index (χ1v) is 5.95. The average Bonchev–Trinajstić information content (AvgIpc) is 2.31. The van der Waals surface area contributed by atoms with Gasteiger partial charge in [0.25, 0.3) is 5.91 Å². The number of benzene rings is 2. The first kappa shape index (κ1) is 11.1. The number of hydrogen-bond acceptors (Lipinski definition) is 1. The normalized spacial score (nSPS) is 9.81. The zero-order chi connectivity index (χ0) is 11.4. The number of amides is 1. The lowest BCUT2D eigenvalue weighted by atomic mass is 10.2. The molecule has 2 nitrogen and oxygen atoms in total. The molecule has 0 bridgehead atoms. The summed E-state index contributed by atoms with van der Waals surface area (Å²) in [6, 6.07) is 16.9. The van der Waals surface area contributed by atoms with Gasteiger partial charge in [0.1, 0.15) is 0 Å². The van der Waals surface area contributed by atoms with Crippen molar-refractivity contribution < 1.29 is 4.79 Å². The van der Waals surface area contributed by atoms with Crippen molar-refractivity contribution in [2.45, 2.75) is 0 Å². The molecule has 16 heavy (non-hydrogen) atoms. The van der Waals surface area contributed by atoms with E-state index in [9.17, 15) is 4.79 Å². The molecule has 0 spiro atoms. The van der Waals surface area contributed by atoms with Crippen LogP contribution in [0.15, 0.2) is 54.6 Å². The fourth-order valence-corrected chi connectivity index (χ4v) is 1.69. The summed E-state index contributed by atoms with van der Waals surface area (Å²) in [6.07, 6.45) is 0. The molecule has 0 saturated carbocycles. The van der Waals surface area contributed by atoms with Crippen molar-refractivity contribution in [2.24, 2.45) is 0 Å². The Bertz CT molecular complexity index is 479. The van der Waals surface area contributed by atoms with E-state index in [0.29, 0.717) is 5.56 Å². The maximum atomic E-state index is 11.8. The largest absolute Gasteiger partial charge is 0.322 e. The van der Waals surface area contributed by atoms with Crippen LogP contribution in [0, 0.1) is 3.57 Å². The fourth-order valence-electron chi connectivity index (χ4n) is 1.33. The molecule has 0 heterocycles. The Morgan fingerprint density at radius 3 is 2.19 bits per heavy atom. The number of rotatable bonds is 2. The summed E-state index contributed by atoms with van der Waals surface area (Å²) in [7, 11) is 0. The topological polar surface area (TPSA) is 29.1 Å². The molecule has 0 radical (unpaired) electrons. The van der Waals surface area contributed by atoms with Crippen LogP contribution in [0.25, 0.3) is 0 Å². The fraction of sp³-hybridized carbons (Fsp3) is 0. The maximum Gasteiger partial charge on any atom is 0.255 e. The Balaban J connectivity index is 2.12. The van der Waals surface area contributed by atoms with Crippen LogP contribution in [0.5, 0.6) is 0 Å². The van der Waals surface area contributed by atoms with E-state index >= 15 is 0 Å². The Labute approximate surface area is 108 Å². The summed E-state index contributed by atoms with van der Waals surface area (Å²) in [5, 5.41) is 2.84. The lowest BCUT2D eigenvalue weighted by Gasteiger charge is -2.04. The van der Waals surface area contributed by atoms with Gasteiger partial charge in [0.2, 0.25) is 0 Å². The second-order valence-electron chi connectivity index (χ2n) is 3.33. The SMILES string of the molecule is O=C(Nc1ccccc1)c1ccc(I)cc1. The summed E-state index contributed by atoms with van der Waals surface area (Å²) in [5.41, 5.74) is 1.48. The molecule has 1 N–H and O–H groups in total. The summed E-state index contributed by atoms with van der Waals surface area (Å²) in [4.78, 5) is 11.8. The van der Waals surface area contributed by atoms with Gasteiger partial charge < -0.3 is 5.32 Å². The minimum Gasteiger partial charge on any atom is -0.322 e. The van der Waals surface area contributed by atoms with Gasteiger partial charge in [0.15, 0.2) is 0 Å². The van der Waals surface area contributed by atoms with E-state index in [2.05, 4.69) is 27.9 Å². The van der Waals surface area contributed by atoms with E-state index in [1.807, 2.05) is 54.6 Å². The molecular formula is C13H10INO. The van der Waals surface area contributed by atoms with Gasteiger partial charge in [0.05, 0.1) is 0 Å². The first-order valence-electron chi connectivity index (χ1n) is 4.88. The number of carbonyl (C=O) groups excluding carboxylic acids is 1. The van der Waals surface area contributed by atoms with Crippen molar-refractivity contribution in [1.82, 2.24) is 0 Å². The molecule has 2 rings (SSSR count). The van der Waals surface area contributed by atoms with E-state index in [1.54, 1.807) is 0 Å². The first-order chi connectivity index (χ1) is 7.75. The van der Waals surface area contributed by atoms with E-state index in [4.69, 9.17) is 0 Å². The van der Waals surface area contributed by atoms with Gasteiger partial charge in [-0.15, -0.1) is 0 Å². The molecule has 0 aliphatic rings. The molecule has 2 aromatic rings. The predicted octanol–water partition coefficient (Wildman–Crippen LogP) is 3.54. The average molecular weight is 323 g/mol. The van der Waals surface area contributed by atoms with Crippen LogP contribution >= 0.6 is 22.6 Å². The summed E-state index contributed by atoms with van der Waals surface area (Å²) in [6.45, 7) is 0. The molecule has 0 aliphatic heterocycles. The Kier molecular flexibility index (Phi) is 3.56. The van der Waals surface area contributed by atoms with E-state index in [1.165, 1.54) is 0 Å². The van der Waals surface area contributed by atoms with Crippen molar-refractivity contribution in [2.75, 3.05) is 5.32 Å². The van der Waals surface area contributed by atoms with Crippen LogP contribution in [-0.4, -0.2) is 5.91 Å². The van der Waals surface area contributed by atoms with Crippen molar-refractivity contribution in [3.63, 3.8) is 0 Å². The number of hydrogen-bond donors (Lipinski definition) is 1. The van der Waals surface area contributed by atoms with Gasteiger partial charge in [0, 0.05) is 14.8 Å². The minimum absolute atomic E-state index is 0.0809. The highest BCUT2D eigenvalue weighted by molar-refractivity contribution is 14.1. The summed E-state index contributed by atoms with van der Waals surface area (Å²) < 4.78 is 1.12. The summed E-state index contributed by atoms with van der Waals surface area (Å²) in [5.74, 6) is -0.0809. The van der Waals surface area contributed by atoms with E-state index in [-0.39, 0.29) is 5.91 Å². The molecule has 0 saturated heterocycles. The van der Waals surface area contributed by atoms with Gasteiger partial charge in [-0.25, -0.2) is 0 Å². The lowest BCUT2D eigenvalue weighted by Crippen LogP contribution is -2.11. The maximum absolute atomic E-state index is 11.8. The van der Waals surface area contributed by atoms with Gasteiger partial charge in [-0.2, -0.15) is 0 Å². The number of para-hydroxylation sites is 1. The van der Waals surface area contributed by atoms with Crippen molar-refractivity contribution in [3.05, 3.63) is 63.7 Å². The monoisotopic (exact) mass is 323 g/mol. The zero-order valence-corrected chi connectivity index (χ0v) is 10.6. The molecule has 3 heteroatoms. The lowest BCUT2D eigenvalue weighted by molar-refractivity contribution is 0.102. The van der Waals surface area contributed by atoms with Gasteiger partial charge >= 0.3 is 0 Å². The highest BCUT2D eigenvalue weighted by atomic mass is 127. The van der Waals surface area contributed by atoms with E-state index in [0.717, 1.165) is 9.26 Å². The standard InChI is InChI=1S/C13H10INO/c14-11-8-6-10(7-9-11)13(16)15-12-4-2-1-3-5-12/h1-9H,(H,15,16). The van der Waals surface area contributed by atoms with Crippen LogP contribution in [0.1, 0.15) is 10.4 Å². The molecule has 0 atom stereocenters. The molecule has 80 valence electrons. The van der Waals surface area contributed by atoms with E-state index < -0.39 is 0 Å².